The normalized spacial score (nSPS) is 14.5. The molecule has 1 aromatic heterocycles. The van der Waals surface area contributed by atoms with E-state index in [0.717, 1.165) is 18.1 Å². The molecule has 2 heterocycles. The molecule has 9 heteroatoms. The molecule has 2 aromatic rings. The van der Waals surface area contributed by atoms with Gasteiger partial charge in [-0.15, -0.1) is 35.3 Å². The molecule has 7 nitrogen and oxygen atoms in total. The molecule has 31 heavy (non-hydrogen) atoms. The molecule has 1 saturated heterocycles. The maximum Gasteiger partial charge on any atom is 0.254 e. The molecule has 2 amide bonds. The summed E-state index contributed by atoms with van der Waals surface area (Å²) in [5, 5.41) is 11.5. The van der Waals surface area contributed by atoms with Gasteiger partial charge in [0.1, 0.15) is 0 Å². The monoisotopic (exact) mass is 555 g/mol. The Hall–Kier alpha value is -2.14. The van der Waals surface area contributed by atoms with Gasteiger partial charge in [-0.1, -0.05) is 32.0 Å². The first kappa shape index (κ1) is 25.1. The van der Waals surface area contributed by atoms with Gasteiger partial charge in [-0.2, -0.15) is 0 Å². The topological polar surface area (TPSA) is 85.8 Å². The van der Waals surface area contributed by atoms with Gasteiger partial charge in [0, 0.05) is 49.1 Å². The van der Waals surface area contributed by atoms with Crippen molar-refractivity contribution >= 4 is 53.1 Å². The Bertz CT molecular complexity index is 897. The Morgan fingerprint density at radius 3 is 2.58 bits per heavy atom. The Kier molecular flexibility index (Phi) is 9.30. The Morgan fingerprint density at radius 2 is 1.97 bits per heavy atom. The number of aliphatic imine (C=N–C) groups is 1. The molecular formula is C22H30IN5O2S. The minimum Gasteiger partial charge on any atom is -0.356 e. The van der Waals surface area contributed by atoms with Gasteiger partial charge < -0.3 is 20.9 Å². The van der Waals surface area contributed by atoms with Crippen LogP contribution in [0.25, 0.3) is 0 Å². The Balaban J connectivity index is 0.00000341. The first-order valence-electron chi connectivity index (χ1n) is 10.0. The van der Waals surface area contributed by atoms with Crippen LogP contribution in [0.3, 0.4) is 0 Å². The van der Waals surface area contributed by atoms with Gasteiger partial charge in [0.05, 0.1) is 6.54 Å². The number of nitrogens with zero attached hydrogens (tertiary/aromatic N) is 2. The van der Waals surface area contributed by atoms with Crippen molar-refractivity contribution < 1.29 is 9.59 Å². The molecule has 168 valence electrons. The summed E-state index contributed by atoms with van der Waals surface area (Å²) in [6, 6.07) is 11.7. The van der Waals surface area contributed by atoms with Crippen molar-refractivity contribution in [2.75, 3.05) is 33.2 Å². The fourth-order valence-electron chi connectivity index (χ4n) is 3.22. The third kappa shape index (κ3) is 6.93. The average Bonchev–Trinajstić information content (AvgIpc) is 3.30. The lowest BCUT2D eigenvalue weighted by atomic mass is 9.91. The van der Waals surface area contributed by atoms with Crippen molar-refractivity contribution in [3.05, 3.63) is 57.8 Å². The highest BCUT2D eigenvalue weighted by atomic mass is 127. The van der Waals surface area contributed by atoms with Crippen molar-refractivity contribution in [3.63, 3.8) is 0 Å². The van der Waals surface area contributed by atoms with Crippen LogP contribution in [0.1, 0.15) is 34.6 Å². The Morgan fingerprint density at radius 1 is 1.23 bits per heavy atom. The second-order valence-corrected chi connectivity index (χ2v) is 8.86. The van der Waals surface area contributed by atoms with E-state index in [9.17, 15) is 9.59 Å². The molecule has 1 aliphatic rings. The number of thiophene rings is 1. The lowest BCUT2D eigenvalue weighted by Crippen LogP contribution is -2.49. The van der Waals surface area contributed by atoms with Gasteiger partial charge in [-0.25, -0.2) is 0 Å². The number of carbonyl (C=O) groups excluding carboxylic acids is 2. The maximum atomic E-state index is 12.5. The number of halogens is 1. The first-order valence-corrected chi connectivity index (χ1v) is 10.9. The van der Waals surface area contributed by atoms with Crippen molar-refractivity contribution in [3.8, 4) is 0 Å². The number of benzene rings is 1. The second kappa shape index (κ2) is 11.5. The summed E-state index contributed by atoms with van der Waals surface area (Å²) in [5.41, 5.74) is 1.65. The van der Waals surface area contributed by atoms with Crippen molar-refractivity contribution in [1.29, 1.82) is 0 Å². The van der Waals surface area contributed by atoms with Crippen LogP contribution in [0, 0.1) is 0 Å². The van der Waals surface area contributed by atoms with Crippen molar-refractivity contribution in [2.45, 2.75) is 25.8 Å². The highest BCUT2D eigenvalue weighted by molar-refractivity contribution is 14.0. The van der Waals surface area contributed by atoms with Gasteiger partial charge in [0.2, 0.25) is 5.91 Å². The Labute approximate surface area is 204 Å². The number of rotatable bonds is 6. The zero-order chi connectivity index (χ0) is 21.6. The molecule has 0 unspecified atom stereocenters. The summed E-state index contributed by atoms with van der Waals surface area (Å²) >= 11 is 1.76. The molecule has 0 bridgehead atoms. The molecule has 1 aliphatic heterocycles. The van der Waals surface area contributed by atoms with Crippen LogP contribution in [0.2, 0.25) is 0 Å². The average molecular weight is 555 g/mol. The van der Waals surface area contributed by atoms with Gasteiger partial charge in [0.15, 0.2) is 5.96 Å². The first-order chi connectivity index (χ1) is 14.4. The molecule has 1 fully saturated rings. The number of guanidine groups is 1. The van der Waals surface area contributed by atoms with Crippen molar-refractivity contribution in [1.82, 2.24) is 20.9 Å². The summed E-state index contributed by atoms with van der Waals surface area (Å²) < 4.78 is 0. The quantitative estimate of drug-likeness (QED) is 0.291. The third-order valence-electron chi connectivity index (χ3n) is 5.10. The van der Waals surface area contributed by atoms with Crippen LogP contribution in [0.15, 0.2) is 46.8 Å². The van der Waals surface area contributed by atoms with Crippen LogP contribution in [0.5, 0.6) is 0 Å². The minimum absolute atomic E-state index is 0. The highest BCUT2D eigenvalue weighted by Crippen LogP contribution is 2.26. The van der Waals surface area contributed by atoms with Crippen molar-refractivity contribution in [2.24, 2.45) is 4.99 Å². The van der Waals surface area contributed by atoms with Gasteiger partial charge in [0.25, 0.3) is 5.91 Å². The van der Waals surface area contributed by atoms with E-state index in [1.54, 1.807) is 23.3 Å². The SMILES string of the molecule is CN=C(NCc1ccc(C(=O)N2CCNC(=O)C2)cc1)NCC(C)(C)c1cccs1.I. The third-order valence-corrected chi connectivity index (χ3v) is 6.33. The molecular weight excluding hydrogens is 525 g/mol. The molecule has 0 spiro atoms. The maximum absolute atomic E-state index is 12.5. The number of carbonyl (C=O) groups is 2. The van der Waals surface area contributed by atoms with Crippen LogP contribution in [0.4, 0.5) is 0 Å². The molecule has 0 radical (unpaired) electrons. The number of hydrogen-bond acceptors (Lipinski definition) is 4. The number of amides is 2. The largest absolute Gasteiger partial charge is 0.356 e. The lowest BCUT2D eigenvalue weighted by Gasteiger charge is -2.26. The van der Waals surface area contributed by atoms with E-state index >= 15 is 0 Å². The summed E-state index contributed by atoms with van der Waals surface area (Å²) in [4.78, 5) is 31.2. The van der Waals surface area contributed by atoms with E-state index in [2.05, 4.69) is 52.3 Å². The fraction of sp³-hybridized carbons (Fsp3) is 0.409. The van der Waals surface area contributed by atoms with E-state index < -0.39 is 0 Å². The van der Waals surface area contributed by atoms with Gasteiger partial charge >= 0.3 is 0 Å². The molecule has 3 N–H and O–H groups in total. The van der Waals surface area contributed by atoms with Crippen LogP contribution in [-0.4, -0.2) is 55.9 Å². The zero-order valence-corrected chi connectivity index (χ0v) is 21.3. The van der Waals surface area contributed by atoms with Gasteiger partial charge in [-0.3, -0.25) is 14.6 Å². The summed E-state index contributed by atoms with van der Waals surface area (Å²) in [6.07, 6.45) is 0. The van der Waals surface area contributed by atoms with E-state index in [-0.39, 0.29) is 47.8 Å². The van der Waals surface area contributed by atoms with Crippen LogP contribution >= 0.6 is 35.3 Å². The number of nitrogens with one attached hydrogen (secondary N) is 3. The molecule has 0 aliphatic carbocycles. The predicted molar refractivity (Wildman–Crippen MR) is 136 cm³/mol. The smallest absolute Gasteiger partial charge is 0.254 e. The van der Waals surface area contributed by atoms with Crippen LogP contribution in [-0.2, 0) is 16.8 Å². The fourth-order valence-corrected chi connectivity index (χ4v) is 4.07. The molecule has 0 saturated carbocycles. The molecule has 3 rings (SSSR count). The molecule has 0 atom stereocenters. The summed E-state index contributed by atoms with van der Waals surface area (Å²) in [7, 11) is 1.75. The van der Waals surface area contributed by atoms with E-state index in [1.807, 2.05) is 24.3 Å². The number of piperazine rings is 1. The zero-order valence-electron chi connectivity index (χ0n) is 18.1. The van der Waals surface area contributed by atoms with E-state index in [0.29, 0.717) is 25.2 Å². The predicted octanol–water partition coefficient (Wildman–Crippen LogP) is 2.58. The molecule has 1 aromatic carbocycles. The second-order valence-electron chi connectivity index (χ2n) is 7.91. The summed E-state index contributed by atoms with van der Waals surface area (Å²) in [6.45, 7) is 6.94. The lowest BCUT2D eigenvalue weighted by molar-refractivity contribution is -0.123. The van der Waals surface area contributed by atoms with Crippen LogP contribution < -0.4 is 16.0 Å². The highest BCUT2D eigenvalue weighted by Gasteiger charge is 2.23. The van der Waals surface area contributed by atoms with Gasteiger partial charge in [-0.05, 0) is 29.1 Å². The van der Waals surface area contributed by atoms with E-state index in [4.69, 9.17) is 0 Å². The number of hydrogen-bond donors (Lipinski definition) is 3. The summed E-state index contributed by atoms with van der Waals surface area (Å²) in [5.74, 6) is 0.508. The minimum atomic E-state index is -0.114. The standard InChI is InChI=1S/C22H29N5O2S.HI/c1-22(2,18-5-4-12-30-18)15-26-21(23-3)25-13-16-6-8-17(9-7-16)20(29)27-11-10-24-19(28)14-27;/h4-9,12H,10-11,13-15H2,1-3H3,(H,24,28)(H2,23,25,26);1H. The van der Waals surface area contributed by atoms with E-state index in [1.165, 1.54) is 4.88 Å².